The van der Waals surface area contributed by atoms with E-state index in [1.165, 1.54) is 0 Å². The molecule has 0 unspecified atom stereocenters. The molecule has 0 aliphatic carbocycles. The van der Waals surface area contributed by atoms with Gasteiger partial charge in [-0.25, -0.2) is 0 Å². The SMILES string of the molecule is NCCCC[C@H](NC(=O)[C@@H]1CCCN1C(=O)Cc1cccc2ccccc12)C(=O)N[C@@H](CCCN=C(N)N)C(=O)N[C@@H](CCCN=C(N)N)C(N)=O. The third kappa shape index (κ3) is 13.0. The highest BCUT2D eigenvalue weighted by Gasteiger charge is 2.36. The number of nitrogens with one attached hydrogen (secondary N) is 3. The Labute approximate surface area is 303 Å². The summed E-state index contributed by atoms with van der Waals surface area (Å²) in [5.41, 5.74) is 33.7. The first-order valence-corrected chi connectivity index (χ1v) is 17.7. The van der Waals surface area contributed by atoms with Crippen LogP contribution in [0.2, 0.25) is 0 Å². The molecule has 0 aromatic heterocycles. The number of hydrogen-bond acceptors (Lipinski definition) is 8. The van der Waals surface area contributed by atoms with E-state index in [4.69, 9.17) is 34.4 Å². The van der Waals surface area contributed by atoms with Gasteiger partial charge in [0.05, 0.1) is 6.42 Å². The van der Waals surface area contributed by atoms with Crippen molar-refractivity contribution in [3.8, 4) is 0 Å². The molecule has 17 heteroatoms. The maximum atomic E-state index is 13.8. The Kier molecular flexibility index (Phi) is 16.6. The molecule has 0 saturated carbocycles. The van der Waals surface area contributed by atoms with Crippen LogP contribution in [0.4, 0.5) is 0 Å². The van der Waals surface area contributed by atoms with E-state index in [1.807, 2.05) is 42.5 Å². The topological polar surface area (TPSA) is 306 Å². The van der Waals surface area contributed by atoms with Crippen LogP contribution in [0.15, 0.2) is 52.4 Å². The summed E-state index contributed by atoms with van der Waals surface area (Å²) >= 11 is 0. The van der Waals surface area contributed by atoms with Crippen LogP contribution in [-0.2, 0) is 30.4 Å². The lowest BCUT2D eigenvalue weighted by Gasteiger charge is -2.28. The largest absolute Gasteiger partial charge is 0.370 e. The Hall–Kier alpha value is -5.45. The Morgan fingerprint density at radius 1 is 0.731 bits per heavy atom. The monoisotopic (exact) mass is 722 g/mol. The van der Waals surface area contributed by atoms with E-state index in [0.717, 1.165) is 16.3 Å². The molecular weight excluding hydrogens is 668 g/mol. The first-order valence-electron chi connectivity index (χ1n) is 17.7. The molecule has 17 nitrogen and oxygen atoms in total. The lowest BCUT2D eigenvalue weighted by Crippen LogP contribution is -2.58. The number of carbonyl (C=O) groups is 5. The van der Waals surface area contributed by atoms with Crippen molar-refractivity contribution in [2.24, 2.45) is 44.4 Å². The van der Waals surface area contributed by atoms with Gasteiger partial charge in [-0.3, -0.25) is 34.0 Å². The summed E-state index contributed by atoms with van der Waals surface area (Å²) in [5.74, 6) is -2.91. The summed E-state index contributed by atoms with van der Waals surface area (Å²) in [5, 5.41) is 10.2. The van der Waals surface area contributed by atoms with Crippen molar-refractivity contribution < 1.29 is 24.0 Å². The van der Waals surface area contributed by atoms with Crippen LogP contribution in [0.3, 0.4) is 0 Å². The van der Waals surface area contributed by atoms with Crippen molar-refractivity contribution in [3.63, 3.8) is 0 Å². The summed E-state index contributed by atoms with van der Waals surface area (Å²) in [4.78, 5) is 76.2. The zero-order valence-corrected chi connectivity index (χ0v) is 29.6. The predicted octanol–water partition coefficient (Wildman–Crippen LogP) is -1.45. The van der Waals surface area contributed by atoms with E-state index < -0.39 is 47.8 Å². The molecule has 284 valence electrons. The predicted molar refractivity (Wildman–Crippen MR) is 200 cm³/mol. The summed E-state index contributed by atoms with van der Waals surface area (Å²) in [7, 11) is 0. The molecule has 1 aliphatic rings. The van der Waals surface area contributed by atoms with Gasteiger partial charge in [-0.2, -0.15) is 0 Å². The standard InChI is InChI=1S/C35H54N12O5/c36-17-4-3-13-26(46-33(52)28-16-8-20-47(28)29(48)21-23-11-5-10-22-9-1-2-12-24(22)23)32(51)45-27(15-7-19-43-35(40)41)31(50)44-25(30(37)49)14-6-18-42-34(38)39/h1-2,5,9-12,25-28H,3-4,6-8,13-21,36H2,(H2,37,49)(H,44,50)(H,45,51)(H,46,52)(H4,38,39,42)(H4,40,41,43)/t25-,26-,27-,28-/m0/s1. The number of aliphatic imine (C=N–C) groups is 2. The van der Waals surface area contributed by atoms with Crippen molar-refractivity contribution in [3.05, 3.63) is 48.0 Å². The Morgan fingerprint density at radius 3 is 1.94 bits per heavy atom. The third-order valence-electron chi connectivity index (χ3n) is 8.86. The summed E-state index contributed by atoms with van der Waals surface area (Å²) in [6.45, 7) is 1.20. The van der Waals surface area contributed by atoms with Gasteiger partial charge in [0.1, 0.15) is 24.2 Å². The first-order chi connectivity index (χ1) is 24.9. The Balaban J connectivity index is 1.74. The highest BCUT2D eigenvalue weighted by atomic mass is 16.2. The molecule has 52 heavy (non-hydrogen) atoms. The number of primary amides is 1. The van der Waals surface area contributed by atoms with E-state index in [1.54, 1.807) is 4.90 Å². The zero-order chi connectivity index (χ0) is 38.0. The average Bonchev–Trinajstić information content (AvgIpc) is 3.61. The van der Waals surface area contributed by atoms with E-state index in [-0.39, 0.29) is 56.6 Å². The minimum absolute atomic E-state index is 0.107. The molecule has 3 rings (SSSR count). The van der Waals surface area contributed by atoms with Crippen LogP contribution in [-0.4, -0.2) is 96.7 Å². The van der Waals surface area contributed by atoms with Crippen molar-refractivity contribution in [1.29, 1.82) is 0 Å². The molecule has 15 N–H and O–H groups in total. The normalized spacial score (nSPS) is 15.6. The van der Waals surface area contributed by atoms with Gasteiger partial charge in [-0.15, -0.1) is 0 Å². The minimum Gasteiger partial charge on any atom is -0.370 e. The smallest absolute Gasteiger partial charge is 0.243 e. The van der Waals surface area contributed by atoms with Gasteiger partial charge >= 0.3 is 0 Å². The lowest BCUT2D eigenvalue weighted by atomic mass is 10.0. The number of likely N-dealkylation sites (tertiary alicyclic amines) is 1. The molecule has 0 bridgehead atoms. The van der Waals surface area contributed by atoms with Gasteiger partial charge in [-0.1, -0.05) is 42.5 Å². The molecule has 4 atom stereocenters. The van der Waals surface area contributed by atoms with Crippen LogP contribution >= 0.6 is 0 Å². The first kappa shape index (κ1) is 41.0. The molecule has 0 spiro atoms. The summed E-state index contributed by atoms with van der Waals surface area (Å²) in [6.07, 6.45) is 3.48. The number of rotatable bonds is 21. The fourth-order valence-corrected chi connectivity index (χ4v) is 6.18. The van der Waals surface area contributed by atoms with Gasteiger partial charge in [0.2, 0.25) is 29.5 Å². The minimum atomic E-state index is -1.12. The second kappa shape index (κ2) is 21.0. The van der Waals surface area contributed by atoms with Crippen molar-refractivity contribution in [2.75, 3.05) is 26.2 Å². The molecule has 0 radical (unpaired) electrons. The second-order valence-electron chi connectivity index (χ2n) is 12.8. The van der Waals surface area contributed by atoms with E-state index in [0.29, 0.717) is 51.6 Å². The van der Waals surface area contributed by atoms with E-state index in [2.05, 4.69) is 25.9 Å². The summed E-state index contributed by atoms with van der Waals surface area (Å²) in [6, 6.07) is 9.63. The molecule has 1 heterocycles. The number of guanidine groups is 2. The average molecular weight is 723 g/mol. The van der Waals surface area contributed by atoms with Crippen LogP contribution in [0.25, 0.3) is 10.8 Å². The van der Waals surface area contributed by atoms with Crippen LogP contribution in [0.1, 0.15) is 63.4 Å². The second-order valence-corrected chi connectivity index (χ2v) is 12.8. The molecular formula is C35H54N12O5. The quantitative estimate of drug-likeness (QED) is 0.0410. The number of nitrogens with two attached hydrogens (primary N) is 6. The number of amides is 5. The number of nitrogens with zero attached hydrogens (tertiary/aromatic N) is 3. The maximum Gasteiger partial charge on any atom is 0.243 e. The van der Waals surface area contributed by atoms with Gasteiger partial charge in [0, 0.05) is 19.6 Å². The molecule has 5 amide bonds. The zero-order valence-electron chi connectivity index (χ0n) is 29.6. The Bertz CT molecular complexity index is 1590. The summed E-state index contributed by atoms with van der Waals surface area (Å²) < 4.78 is 0. The van der Waals surface area contributed by atoms with Gasteiger partial charge in [0.25, 0.3) is 0 Å². The van der Waals surface area contributed by atoms with Crippen molar-refractivity contribution >= 4 is 52.2 Å². The maximum absolute atomic E-state index is 13.8. The lowest BCUT2D eigenvalue weighted by molar-refractivity contribution is -0.139. The van der Waals surface area contributed by atoms with Gasteiger partial charge < -0.3 is 55.3 Å². The van der Waals surface area contributed by atoms with Gasteiger partial charge in [-0.05, 0) is 80.7 Å². The van der Waals surface area contributed by atoms with Crippen molar-refractivity contribution in [1.82, 2.24) is 20.9 Å². The number of benzene rings is 2. The van der Waals surface area contributed by atoms with Crippen LogP contribution in [0, 0.1) is 0 Å². The number of fused-ring (bicyclic) bond motifs is 1. The molecule has 1 fully saturated rings. The fourth-order valence-electron chi connectivity index (χ4n) is 6.18. The number of carbonyl (C=O) groups excluding carboxylic acids is 5. The van der Waals surface area contributed by atoms with E-state index >= 15 is 0 Å². The molecule has 1 saturated heterocycles. The number of hydrogen-bond donors (Lipinski definition) is 9. The number of unbranched alkanes of at least 4 members (excludes halogenated alkanes) is 1. The van der Waals surface area contributed by atoms with Gasteiger partial charge in [0.15, 0.2) is 11.9 Å². The fraction of sp³-hybridized carbons (Fsp3) is 0.514. The Morgan fingerprint density at radius 2 is 1.31 bits per heavy atom. The highest BCUT2D eigenvalue weighted by Crippen LogP contribution is 2.23. The van der Waals surface area contributed by atoms with Crippen LogP contribution in [0.5, 0.6) is 0 Å². The molecule has 2 aromatic rings. The van der Waals surface area contributed by atoms with Crippen molar-refractivity contribution in [2.45, 2.75) is 88.4 Å². The van der Waals surface area contributed by atoms with Crippen LogP contribution < -0.4 is 50.4 Å². The molecule has 2 aromatic carbocycles. The van der Waals surface area contributed by atoms with E-state index in [9.17, 15) is 24.0 Å². The highest BCUT2D eigenvalue weighted by molar-refractivity contribution is 5.96. The molecule has 1 aliphatic heterocycles. The third-order valence-corrected chi connectivity index (χ3v) is 8.86.